The van der Waals surface area contributed by atoms with E-state index in [9.17, 15) is 20.0 Å². The van der Waals surface area contributed by atoms with Crippen LogP contribution in [-0.2, 0) is 35.8 Å². The fourth-order valence-electron chi connectivity index (χ4n) is 4.12. The summed E-state index contributed by atoms with van der Waals surface area (Å²) in [6.45, 7) is 5.26. The predicted molar refractivity (Wildman–Crippen MR) is 131 cm³/mol. The number of carbonyl (C=O) groups is 2. The van der Waals surface area contributed by atoms with Crippen molar-refractivity contribution in [1.29, 1.82) is 5.26 Å². The van der Waals surface area contributed by atoms with Crippen molar-refractivity contribution in [3.8, 4) is 6.07 Å². The van der Waals surface area contributed by atoms with Crippen LogP contribution in [0.5, 0.6) is 0 Å². The molecule has 1 amide bonds. The van der Waals surface area contributed by atoms with E-state index in [1.54, 1.807) is 32.9 Å². The molecule has 1 aromatic carbocycles. The highest BCUT2D eigenvalue weighted by Crippen LogP contribution is 2.40. The molecule has 1 radical (unpaired) electrons. The van der Waals surface area contributed by atoms with E-state index in [1.165, 1.54) is 17.3 Å². The molecule has 0 aliphatic carbocycles. The number of nitriles is 1. The molecular weight excluding hydrogens is 478 g/mol. The van der Waals surface area contributed by atoms with Gasteiger partial charge >= 0.3 is 5.97 Å². The van der Waals surface area contributed by atoms with Gasteiger partial charge in [-0.1, -0.05) is 30.3 Å². The lowest BCUT2D eigenvalue weighted by Crippen LogP contribution is -2.40. The third-order valence-corrected chi connectivity index (χ3v) is 6.03. The molecule has 2 aromatic heterocycles. The summed E-state index contributed by atoms with van der Waals surface area (Å²) in [6.07, 6.45) is 0.561. The molecule has 1 aliphatic rings. The summed E-state index contributed by atoms with van der Waals surface area (Å²) in [4.78, 5) is 29.1. The third kappa shape index (κ3) is 5.32. The zero-order valence-corrected chi connectivity index (χ0v) is 20.7. The number of carbonyl (C=O) groups excluding carboxylic acids is 2. The van der Waals surface area contributed by atoms with E-state index >= 15 is 0 Å². The van der Waals surface area contributed by atoms with Crippen molar-refractivity contribution in [1.82, 2.24) is 14.6 Å². The van der Waals surface area contributed by atoms with Gasteiger partial charge in [0.1, 0.15) is 42.3 Å². The Morgan fingerprint density at radius 1 is 1.27 bits per heavy atom. The van der Waals surface area contributed by atoms with Crippen LogP contribution in [0.1, 0.15) is 32.0 Å². The zero-order chi connectivity index (χ0) is 26.6. The van der Waals surface area contributed by atoms with Gasteiger partial charge in [0.25, 0.3) is 5.91 Å². The van der Waals surface area contributed by atoms with Crippen LogP contribution in [0.3, 0.4) is 0 Å². The highest BCUT2D eigenvalue weighted by Gasteiger charge is 2.52. The first-order valence-electron chi connectivity index (χ1n) is 11.8. The molecule has 3 heterocycles. The van der Waals surface area contributed by atoms with Crippen molar-refractivity contribution >= 4 is 23.2 Å². The van der Waals surface area contributed by atoms with Crippen LogP contribution in [-0.4, -0.2) is 62.6 Å². The van der Waals surface area contributed by atoms with Crippen LogP contribution < -0.4 is 5.32 Å². The lowest BCUT2D eigenvalue weighted by molar-refractivity contribution is -0.148. The molecule has 3 aromatic rings. The molecule has 0 saturated carbocycles. The van der Waals surface area contributed by atoms with Crippen LogP contribution in [0.2, 0.25) is 0 Å². The highest BCUT2D eigenvalue weighted by molar-refractivity contribution is 5.98. The van der Waals surface area contributed by atoms with Crippen LogP contribution in [0.4, 0.5) is 5.82 Å². The van der Waals surface area contributed by atoms with Crippen molar-refractivity contribution in [3.05, 3.63) is 66.5 Å². The predicted octanol–water partition coefficient (Wildman–Crippen LogP) is 1.95. The molecular formula is C26H28N5O6. The number of ether oxygens (including phenoxy) is 3. The van der Waals surface area contributed by atoms with Gasteiger partial charge in [0.05, 0.1) is 12.1 Å². The Kier molecular flexibility index (Phi) is 7.54. The topological polar surface area (TPSA) is 148 Å². The lowest BCUT2D eigenvalue weighted by Gasteiger charge is -2.25. The number of hydrogen-bond donors (Lipinski definition) is 2. The molecule has 11 nitrogen and oxygen atoms in total. The van der Waals surface area contributed by atoms with Gasteiger partial charge in [0, 0.05) is 13.0 Å². The van der Waals surface area contributed by atoms with Crippen molar-refractivity contribution in [2.24, 2.45) is 0 Å². The number of nitrogens with zero attached hydrogens (tertiary/aromatic N) is 4. The number of hydrogen-bond acceptors (Lipinski definition) is 9. The number of amides is 1. The quantitative estimate of drug-likeness (QED) is 0.415. The third-order valence-electron chi connectivity index (χ3n) is 6.03. The van der Waals surface area contributed by atoms with Gasteiger partial charge in [0.2, 0.25) is 5.60 Å². The molecule has 3 atom stereocenters. The largest absolute Gasteiger partial charge is 0.463 e. The van der Waals surface area contributed by atoms with Crippen molar-refractivity contribution in [2.45, 2.75) is 50.6 Å². The minimum Gasteiger partial charge on any atom is -0.463 e. The van der Waals surface area contributed by atoms with Crippen molar-refractivity contribution in [3.63, 3.8) is 0 Å². The molecule has 4 rings (SSSR count). The van der Waals surface area contributed by atoms with Gasteiger partial charge in [-0.25, -0.2) is 9.50 Å². The number of anilines is 1. The first-order valence-corrected chi connectivity index (χ1v) is 11.8. The maximum atomic E-state index is 12.7. The number of benzene rings is 1. The number of aliphatic hydroxyl groups is 1. The molecule has 0 unspecified atom stereocenters. The second-order valence-corrected chi connectivity index (χ2v) is 9.01. The summed E-state index contributed by atoms with van der Waals surface area (Å²) in [5.74, 6) is -0.658. The molecule has 1 saturated heterocycles. The number of rotatable bonds is 9. The number of aliphatic hydroxyl groups excluding tert-OH is 1. The maximum Gasteiger partial charge on any atom is 0.310 e. The van der Waals surface area contributed by atoms with Crippen LogP contribution in [0, 0.1) is 17.8 Å². The molecule has 0 bridgehead atoms. The van der Waals surface area contributed by atoms with Crippen molar-refractivity contribution in [2.75, 3.05) is 18.5 Å². The molecule has 0 spiro atoms. The Bertz CT molecular complexity index is 1320. The first kappa shape index (κ1) is 26.2. The Morgan fingerprint density at radius 3 is 2.73 bits per heavy atom. The first-order chi connectivity index (χ1) is 17.7. The molecule has 37 heavy (non-hydrogen) atoms. The van der Waals surface area contributed by atoms with E-state index < -0.39 is 35.3 Å². The summed E-state index contributed by atoms with van der Waals surface area (Å²) in [5.41, 5.74) is -1.48. The van der Waals surface area contributed by atoms with Crippen LogP contribution in [0.25, 0.3) is 5.52 Å². The van der Waals surface area contributed by atoms with E-state index in [4.69, 9.17) is 14.2 Å². The number of nitrogens with one attached hydrogen (secondary N) is 1. The van der Waals surface area contributed by atoms with E-state index in [-0.39, 0.29) is 24.5 Å². The minimum atomic E-state index is -1.82. The fraction of sp³-hybridized carbons (Fsp3) is 0.385. The van der Waals surface area contributed by atoms with E-state index in [2.05, 4.69) is 15.4 Å². The number of fused-ring (bicyclic) bond motifs is 1. The Hall–Kier alpha value is -3.85. The lowest BCUT2D eigenvalue weighted by atomic mass is 9.94. The second-order valence-electron chi connectivity index (χ2n) is 9.01. The van der Waals surface area contributed by atoms with Gasteiger partial charge in [-0.05, 0) is 38.5 Å². The Labute approximate surface area is 214 Å². The second kappa shape index (κ2) is 10.6. The van der Waals surface area contributed by atoms with E-state index in [0.29, 0.717) is 12.1 Å². The van der Waals surface area contributed by atoms with Crippen LogP contribution >= 0.6 is 0 Å². The van der Waals surface area contributed by atoms with E-state index in [0.717, 1.165) is 5.56 Å². The molecule has 11 heteroatoms. The SMILES string of the molecule is CCOC(C)(C)C(=O)Nc1ncnn2c([C@]3(C#N)O[C@@H](COC(=O)Cc4ccccc4)[CH][C@H]3O)ccc12. The summed E-state index contributed by atoms with van der Waals surface area (Å²) in [6, 6.07) is 14.4. The summed E-state index contributed by atoms with van der Waals surface area (Å²) < 4.78 is 18.1. The van der Waals surface area contributed by atoms with E-state index in [1.807, 2.05) is 36.4 Å². The minimum absolute atomic E-state index is 0.0916. The molecule has 2 N–H and O–H groups in total. The average Bonchev–Trinajstić information content (AvgIpc) is 3.45. The average molecular weight is 507 g/mol. The number of esters is 1. The maximum absolute atomic E-state index is 12.7. The van der Waals surface area contributed by atoms with Gasteiger partial charge in [0.15, 0.2) is 5.82 Å². The monoisotopic (exact) mass is 506 g/mol. The molecule has 1 aliphatic heterocycles. The van der Waals surface area contributed by atoms with Crippen molar-refractivity contribution < 1.29 is 28.9 Å². The summed E-state index contributed by atoms with van der Waals surface area (Å²) in [7, 11) is 0. The zero-order valence-electron chi connectivity index (χ0n) is 20.7. The smallest absolute Gasteiger partial charge is 0.310 e. The molecule has 1 fully saturated rings. The van der Waals surface area contributed by atoms with Gasteiger partial charge in [-0.2, -0.15) is 10.4 Å². The number of aromatic nitrogens is 3. The van der Waals surface area contributed by atoms with Gasteiger partial charge < -0.3 is 24.6 Å². The highest BCUT2D eigenvalue weighted by atomic mass is 16.6. The van der Waals surface area contributed by atoms with Gasteiger partial charge in [-0.15, -0.1) is 0 Å². The normalized spacial score (nSPS) is 21.5. The standard InChI is InChI=1S/C26H28N5O6/c1-4-36-25(2,3)24(34)30-23-19-10-11-20(31(19)29-16-28-23)26(15-27)21(32)13-18(37-26)14-35-22(33)12-17-8-6-5-7-9-17/h5-11,13,16,18,21,32H,4,12,14H2,1-3H3,(H,28,29,30,34)/t18-,21-,26+/m1/s1. The summed E-state index contributed by atoms with van der Waals surface area (Å²) >= 11 is 0. The Morgan fingerprint density at radius 2 is 2.03 bits per heavy atom. The van der Waals surface area contributed by atoms with Crippen LogP contribution in [0.15, 0.2) is 48.8 Å². The fourth-order valence-corrected chi connectivity index (χ4v) is 4.12. The molecule has 193 valence electrons. The summed E-state index contributed by atoms with van der Waals surface area (Å²) in [5, 5.41) is 27.9. The van der Waals surface area contributed by atoms with Gasteiger partial charge in [-0.3, -0.25) is 9.59 Å². The Balaban J connectivity index is 1.51.